The minimum atomic E-state index is -0.264. The van der Waals surface area contributed by atoms with Crippen molar-refractivity contribution in [2.24, 2.45) is 0 Å². The number of rotatable bonds is 7. The molecule has 1 aromatic heterocycles. The largest absolute Gasteiger partial charge is 0.497 e. The Morgan fingerprint density at radius 1 is 1.07 bits per heavy atom. The Bertz CT molecular complexity index is 1000. The van der Waals surface area contributed by atoms with Crippen LogP contribution in [0.3, 0.4) is 0 Å². The van der Waals surface area contributed by atoms with Gasteiger partial charge in [0.1, 0.15) is 11.6 Å². The van der Waals surface area contributed by atoms with Gasteiger partial charge in [0.05, 0.1) is 7.11 Å². The standard InChI is InChI=1S/C21H21N5O2/c1-4-19(27)23-15-7-5-8-16(11-15)24-20-14(2)13-22-21(26-20)25-17-9-6-10-18(12-17)28-3/h4-13H,1H2,2-3H3,(H,23,27)(H2,22,24,25,26). The van der Waals surface area contributed by atoms with Gasteiger partial charge in [0.25, 0.3) is 0 Å². The number of hydrogen-bond acceptors (Lipinski definition) is 6. The third-order valence-electron chi connectivity index (χ3n) is 3.88. The fourth-order valence-electron chi connectivity index (χ4n) is 2.46. The Hall–Kier alpha value is -3.87. The van der Waals surface area contributed by atoms with E-state index < -0.39 is 0 Å². The summed E-state index contributed by atoms with van der Waals surface area (Å²) in [5.41, 5.74) is 3.16. The van der Waals surface area contributed by atoms with Gasteiger partial charge in [-0.3, -0.25) is 4.79 Å². The zero-order valence-electron chi connectivity index (χ0n) is 15.7. The fourth-order valence-corrected chi connectivity index (χ4v) is 2.46. The number of ether oxygens (including phenoxy) is 1. The van der Waals surface area contributed by atoms with E-state index in [0.717, 1.165) is 22.7 Å². The number of benzene rings is 2. The van der Waals surface area contributed by atoms with E-state index in [9.17, 15) is 4.79 Å². The van der Waals surface area contributed by atoms with Crippen molar-refractivity contribution in [3.8, 4) is 5.75 Å². The van der Waals surface area contributed by atoms with E-state index in [2.05, 4.69) is 32.5 Å². The summed E-state index contributed by atoms with van der Waals surface area (Å²) in [7, 11) is 1.62. The average Bonchev–Trinajstić information content (AvgIpc) is 2.71. The van der Waals surface area contributed by atoms with Gasteiger partial charge in [-0.25, -0.2) is 4.98 Å². The number of carbonyl (C=O) groups excluding carboxylic acids is 1. The summed E-state index contributed by atoms with van der Waals surface area (Å²) < 4.78 is 5.23. The van der Waals surface area contributed by atoms with Crippen LogP contribution in [0.15, 0.2) is 67.4 Å². The second-order valence-electron chi connectivity index (χ2n) is 5.98. The summed E-state index contributed by atoms with van der Waals surface area (Å²) in [5, 5.41) is 9.16. The van der Waals surface area contributed by atoms with E-state index in [1.165, 1.54) is 6.08 Å². The van der Waals surface area contributed by atoms with Gasteiger partial charge < -0.3 is 20.7 Å². The Morgan fingerprint density at radius 3 is 2.54 bits per heavy atom. The summed E-state index contributed by atoms with van der Waals surface area (Å²) in [4.78, 5) is 20.4. The maximum atomic E-state index is 11.5. The molecule has 3 N–H and O–H groups in total. The van der Waals surface area contributed by atoms with Crippen LogP contribution < -0.4 is 20.7 Å². The quantitative estimate of drug-likeness (QED) is 0.530. The van der Waals surface area contributed by atoms with Crippen LogP contribution in [0.5, 0.6) is 5.75 Å². The zero-order valence-corrected chi connectivity index (χ0v) is 15.7. The fraction of sp³-hybridized carbons (Fsp3) is 0.0952. The molecule has 142 valence electrons. The van der Waals surface area contributed by atoms with Crippen LogP contribution in [-0.2, 0) is 4.79 Å². The smallest absolute Gasteiger partial charge is 0.247 e. The van der Waals surface area contributed by atoms with E-state index in [1.807, 2.05) is 49.4 Å². The van der Waals surface area contributed by atoms with Crippen LogP contribution in [0.25, 0.3) is 0 Å². The number of hydrogen-bond donors (Lipinski definition) is 3. The topological polar surface area (TPSA) is 88.2 Å². The SMILES string of the molecule is C=CC(=O)Nc1cccc(Nc2nc(Nc3cccc(OC)c3)ncc2C)c1. The summed E-state index contributed by atoms with van der Waals surface area (Å²) in [5.74, 6) is 1.60. The normalized spacial score (nSPS) is 10.1. The first-order valence-corrected chi connectivity index (χ1v) is 8.62. The summed E-state index contributed by atoms with van der Waals surface area (Å²) in [6, 6.07) is 14.9. The van der Waals surface area contributed by atoms with Gasteiger partial charge in [-0.2, -0.15) is 4.98 Å². The second-order valence-corrected chi connectivity index (χ2v) is 5.98. The van der Waals surface area contributed by atoms with Crippen LogP contribution in [0.2, 0.25) is 0 Å². The molecule has 1 heterocycles. The van der Waals surface area contributed by atoms with E-state index in [-0.39, 0.29) is 5.91 Å². The number of nitrogens with zero attached hydrogens (tertiary/aromatic N) is 2. The molecule has 0 fully saturated rings. The first-order valence-electron chi connectivity index (χ1n) is 8.62. The number of aryl methyl sites for hydroxylation is 1. The Kier molecular flexibility index (Phi) is 5.86. The lowest BCUT2D eigenvalue weighted by Crippen LogP contribution is -2.07. The molecule has 0 radical (unpaired) electrons. The van der Waals surface area contributed by atoms with Gasteiger partial charge in [0.2, 0.25) is 11.9 Å². The minimum absolute atomic E-state index is 0.264. The van der Waals surface area contributed by atoms with Crippen LogP contribution in [0, 0.1) is 6.92 Å². The summed E-state index contributed by atoms with van der Waals surface area (Å²) in [6.07, 6.45) is 2.96. The highest BCUT2D eigenvalue weighted by Gasteiger charge is 2.07. The van der Waals surface area contributed by atoms with Crippen molar-refractivity contribution in [1.29, 1.82) is 0 Å². The van der Waals surface area contributed by atoms with Crippen molar-refractivity contribution in [2.75, 3.05) is 23.1 Å². The molecule has 1 amide bonds. The molecule has 7 nitrogen and oxygen atoms in total. The first-order chi connectivity index (χ1) is 13.6. The highest BCUT2D eigenvalue weighted by molar-refractivity contribution is 5.99. The molecule has 0 aliphatic rings. The molecule has 28 heavy (non-hydrogen) atoms. The highest BCUT2D eigenvalue weighted by atomic mass is 16.5. The molecule has 0 saturated heterocycles. The van der Waals surface area contributed by atoms with Gasteiger partial charge >= 0.3 is 0 Å². The van der Waals surface area contributed by atoms with E-state index in [1.54, 1.807) is 19.4 Å². The number of anilines is 5. The minimum Gasteiger partial charge on any atom is -0.497 e. The van der Waals surface area contributed by atoms with E-state index >= 15 is 0 Å². The van der Waals surface area contributed by atoms with Crippen molar-refractivity contribution in [3.05, 3.63) is 72.9 Å². The zero-order chi connectivity index (χ0) is 19.9. The Labute approximate surface area is 163 Å². The average molecular weight is 375 g/mol. The number of nitrogens with one attached hydrogen (secondary N) is 3. The Morgan fingerprint density at radius 2 is 1.79 bits per heavy atom. The predicted molar refractivity (Wildman–Crippen MR) is 112 cm³/mol. The molecule has 3 aromatic rings. The lowest BCUT2D eigenvalue weighted by Gasteiger charge is -2.12. The molecule has 0 saturated carbocycles. The van der Waals surface area contributed by atoms with Gasteiger partial charge in [0.15, 0.2) is 0 Å². The molecule has 0 unspecified atom stereocenters. The number of carbonyl (C=O) groups is 1. The summed E-state index contributed by atoms with van der Waals surface area (Å²) >= 11 is 0. The van der Waals surface area contributed by atoms with Crippen molar-refractivity contribution in [2.45, 2.75) is 6.92 Å². The predicted octanol–water partition coefficient (Wildman–Crippen LogP) is 4.41. The third kappa shape index (κ3) is 4.85. The molecular formula is C21H21N5O2. The molecule has 0 spiro atoms. The molecule has 2 aromatic carbocycles. The second kappa shape index (κ2) is 8.68. The van der Waals surface area contributed by atoms with E-state index in [0.29, 0.717) is 17.5 Å². The third-order valence-corrected chi connectivity index (χ3v) is 3.88. The van der Waals surface area contributed by atoms with E-state index in [4.69, 9.17) is 4.74 Å². The lowest BCUT2D eigenvalue weighted by atomic mass is 10.2. The van der Waals surface area contributed by atoms with Gasteiger partial charge in [0, 0.05) is 34.9 Å². The van der Waals surface area contributed by atoms with Gasteiger partial charge in [-0.1, -0.05) is 18.7 Å². The molecule has 0 atom stereocenters. The van der Waals surface area contributed by atoms with Crippen molar-refractivity contribution in [1.82, 2.24) is 9.97 Å². The van der Waals surface area contributed by atoms with Crippen LogP contribution in [0.4, 0.5) is 28.8 Å². The van der Waals surface area contributed by atoms with Crippen molar-refractivity contribution >= 4 is 34.7 Å². The molecule has 0 aliphatic heterocycles. The molecular weight excluding hydrogens is 354 g/mol. The van der Waals surface area contributed by atoms with Crippen molar-refractivity contribution < 1.29 is 9.53 Å². The van der Waals surface area contributed by atoms with Crippen LogP contribution >= 0.6 is 0 Å². The van der Waals surface area contributed by atoms with Crippen LogP contribution in [0.1, 0.15) is 5.56 Å². The van der Waals surface area contributed by atoms with Crippen LogP contribution in [-0.4, -0.2) is 23.0 Å². The highest BCUT2D eigenvalue weighted by Crippen LogP contribution is 2.24. The molecule has 0 bridgehead atoms. The molecule has 7 heteroatoms. The van der Waals surface area contributed by atoms with Gasteiger partial charge in [-0.05, 0) is 43.3 Å². The van der Waals surface area contributed by atoms with Gasteiger partial charge in [-0.15, -0.1) is 0 Å². The maximum absolute atomic E-state index is 11.5. The molecule has 3 rings (SSSR count). The monoisotopic (exact) mass is 375 g/mol. The number of methoxy groups -OCH3 is 1. The number of aromatic nitrogens is 2. The Balaban J connectivity index is 1.79. The molecule has 0 aliphatic carbocycles. The summed E-state index contributed by atoms with van der Waals surface area (Å²) in [6.45, 7) is 5.37. The number of amides is 1. The maximum Gasteiger partial charge on any atom is 0.247 e. The lowest BCUT2D eigenvalue weighted by molar-refractivity contribution is -0.111. The first kappa shape index (κ1) is 18.9. The van der Waals surface area contributed by atoms with Crippen molar-refractivity contribution in [3.63, 3.8) is 0 Å².